The molecule has 5 aromatic carbocycles. The van der Waals surface area contributed by atoms with Crippen LogP contribution in [0.4, 0.5) is 0 Å². The van der Waals surface area contributed by atoms with Gasteiger partial charge in [-0.25, -0.2) is 0 Å². The summed E-state index contributed by atoms with van der Waals surface area (Å²) in [4.78, 5) is 0. The van der Waals surface area contributed by atoms with E-state index in [9.17, 15) is 0 Å². The fraction of sp³-hybridized carbons (Fsp3) is 0. The first kappa shape index (κ1) is 22.6. The smallest absolute Gasteiger partial charge is 0.112 e. The van der Waals surface area contributed by atoms with Crippen LogP contribution in [-0.4, -0.2) is 0 Å². The highest BCUT2D eigenvalue weighted by Gasteiger charge is 2.07. The average molecular weight is 474 g/mol. The van der Waals surface area contributed by atoms with Crippen LogP contribution in [0.1, 0.15) is 0 Å². The Hall–Kier alpha value is -4.88. The van der Waals surface area contributed by atoms with Crippen LogP contribution in [0, 0.1) is 7.05 Å². The number of nitrogens with zero attached hydrogens (tertiary/aromatic N) is 1. The molecule has 0 bridgehead atoms. The van der Waals surface area contributed by atoms with E-state index in [4.69, 9.17) is 0 Å². The average Bonchev–Trinajstić information content (AvgIpc) is 2.98. The summed E-state index contributed by atoms with van der Waals surface area (Å²) in [7, 11) is 4.11. The van der Waals surface area contributed by atoms with Gasteiger partial charge in [0, 0.05) is 7.05 Å². The van der Waals surface area contributed by atoms with Crippen molar-refractivity contribution < 1.29 is 4.57 Å². The highest BCUT2D eigenvalue weighted by atomic mass is 14.9. The number of pyridine rings is 1. The van der Waals surface area contributed by atoms with Gasteiger partial charge < -0.3 is 4.57 Å². The summed E-state index contributed by atoms with van der Waals surface area (Å²) in [5, 5.41) is 0. The van der Waals surface area contributed by atoms with E-state index < -0.39 is 0 Å². The van der Waals surface area contributed by atoms with Gasteiger partial charge in [-0.2, -0.15) is 0 Å². The zero-order valence-corrected chi connectivity index (χ0v) is 20.6. The number of hydrogen-bond donors (Lipinski definition) is 0. The molecule has 0 radical (unpaired) electrons. The minimum absolute atomic E-state index is 1.09. The maximum absolute atomic E-state index is 4.11. The first-order valence-corrected chi connectivity index (χ1v) is 12.5. The van der Waals surface area contributed by atoms with E-state index in [1.807, 2.05) is 22.9 Å². The number of hydrogen-bond acceptors (Lipinski definition) is 0. The molecule has 0 N–H and O–H groups in total. The molecule has 0 atom stereocenters. The molecular weight excluding hydrogens is 446 g/mol. The second kappa shape index (κ2) is 10.0. The Morgan fingerprint density at radius 2 is 0.703 bits per heavy atom. The highest BCUT2D eigenvalue weighted by Crippen LogP contribution is 2.31. The lowest BCUT2D eigenvalue weighted by molar-refractivity contribution is -0.600. The second-order valence-corrected chi connectivity index (χ2v) is 9.24. The van der Waals surface area contributed by atoms with Crippen molar-refractivity contribution in [3.63, 3.8) is 0 Å². The summed E-state index contributed by atoms with van der Waals surface area (Å²) in [6.07, 6.45) is 1.98. The molecule has 1 aromatic heterocycles. The Kier molecular flexibility index (Phi) is 6.10. The Balaban J connectivity index is 1.28. The van der Waals surface area contributed by atoms with Crippen molar-refractivity contribution in [2.45, 2.75) is 0 Å². The van der Waals surface area contributed by atoms with E-state index in [0.29, 0.717) is 0 Å². The van der Waals surface area contributed by atoms with Crippen molar-refractivity contribution in [3.8, 4) is 55.8 Å². The SMILES string of the molecule is [CH2-][n+]1ccccc1-c1cccc(-c2ccc(-c3cccc(-c4cccc(-c5ccccc5)c4)c3)cc2)c1. The number of benzene rings is 5. The molecule has 6 rings (SSSR count). The fourth-order valence-electron chi connectivity index (χ4n) is 4.84. The Morgan fingerprint density at radius 3 is 1.22 bits per heavy atom. The summed E-state index contributed by atoms with van der Waals surface area (Å²) in [6, 6.07) is 51.7. The van der Waals surface area contributed by atoms with Gasteiger partial charge in [-0.15, -0.1) is 0 Å². The Morgan fingerprint density at radius 1 is 0.324 bits per heavy atom. The van der Waals surface area contributed by atoms with Crippen molar-refractivity contribution in [2.75, 3.05) is 0 Å². The third-order valence-corrected chi connectivity index (χ3v) is 6.82. The molecule has 0 saturated carbocycles. The largest absolute Gasteiger partial charge is 0.333 e. The molecule has 1 nitrogen and oxygen atoms in total. The van der Waals surface area contributed by atoms with Gasteiger partial charge in [0.05, 0.1) is 6.20 Å². The van der Waals surface area contributed by atoms with Crippen LogP contribution >= 0.6 is 0 Å². The molecule has 0 aliphatic heterocycles. The second-order valence-electron chi connectivity index (χ2n) is 9.24. The van der Waals surface area contributed by atoms with Crippen LogP contribution in [-0.2, 0) is 0 Å². The van der Waals surface area contributed by atoms with Crippen LogP contribution < -0.4 is 4.57 Å². The summed E-state index contributed by atoms with van der Waals surface area (Å²) in [5.41, 5.74) is 12.0. The van der Waals surface area contributed by atoms with Crippen LogP contribution in [0.25, 0.3) is 55.8 Å². The normalized spacial score (nSPS) is 10.8. The maximum atomic E-state index is 4.11. The molecule has 37 heavy (non-hydrogen) atoms. The van der Waals surface area contributed by atoms with Crippen LogP contribution in [0.15, 0.2) is 152 Å². The van der Waals surface area contributed by atoms with Crippen molar-refractivity contribution in [1.82, 2.24) is 0 Å². The molecule has 0 aliphatic rings. The van der Waals surface area contributed by atoms with Crippen LogP contribution in [0.5, 0.6) is 0 Å². The van der Waals surface area contributed by atoms with E-state index in [1.165, 1.54) is 44.5 Å². The van der Waals surface area contributed by atoms with Crippen molar-refractivity contribution >= 4 is 0 Å². The van der Waals surface area contributed by atoms with E-state index >= 15 is 0 Å². The van der Waals surface area contributed by atoms with E-state index in [-0.39, 0.29) is 0 Å². The van der Waals surface area contributed by atoms with Gasteiger partial charge >= 0.3 is 0 Å². The first-order valence-electron chi connectivity index (χ1n) is 12.5. The predicted octanol–water partition coefficient (Wildman–Crippen LogP) is 8.95. The first-order chi connectivity index (χ1) is 18.2. The summed E-state index contributed by atoms with van der Waals surface area (Å²) in [5.74, 6) is 0. The zero-order valence-electron chi connectivity index (χ0n) is 20.6. The summed E-state index contributed by atoms with van der Waals surface area (Å²) >= 11 is 0. The predicted molar refractivity (Wildman–Crippen MR) is 155 cm³/mol. The van der Waals surface area contributed by atoms with Crippen LogP contribution in [0.3, 0.4) is 0 Å². The minimum Gasteiger partial charge on any atom is -0.333 e. The molecular formula is C36H27N. The lowest BCUT2D eigenvalue weighted by Gasteiger charge is -2.11. The van der Waals surface area contributed by atoms with Crippen molar-refractivity contribution in [2.24, 2.45) is 0 Å². The topological polar surface area (TPSA) is 3.88 Å². The van der Waals surface area contributed by atoms with E-state index in [1.54, 1.807) is 0 Å². The molecule has 0 spiro atoms. The molecule has 0 fully saturated rings. The van der Waals surface area contributed by atoms with Gasteiger partial charge in [0.25, 0.3) is 0 Å². The van der Waals surface area contributed by atoms with E-state index in [2.05, 4.69) is 141 Å². The van der Waals surface area contributed by atoms with Gasteiger partial charge in [0.2, 0.25) is 0 Å². The standard InChI is InChI=1S/C36H27N/c1-37-23-6-5-18-36(37)35-17-9-14-32(26-35)29-21-19-28(20-22-29)31-13-8-16-34(25-31)33-15-7-12-30(24-33)27-10-3-2-4-11-27/h2-26H,1H2. The number of aromatic nitrogens is 1. The third kappa shape index (κ3) is 4.80. The fourth-order valence-corrected chi connectivity index (χ4v) is 4.84. The van der Waals surface area contributed by atoms with E-state index in [0.717, 1.165) is 11.3 Å². The lowest BCUT2D eigenvalue weighted by Crippen LogP contribution is -2.27. The Bertz CT molecular complexity index is 1660. The lowest BCUT2D eigenvalue weighted by atomic mass is 9.95. The van der Waals surface area contributed by atoms with Crippen molar-refractivity contribution in [1.29, 1.82) is 0 Å². The highest BCUT2D eigenvalue weighted by molar-refractivity contribution is 5.78. The zero-order chi connectivity index (χ0) is 25.0. The molecule has 176 valence electrons. The molecule has 0 unspecified atom stereocenters. The van der Waals surface area contributed by atoms with Gasteiger partial charge in [-0.1, -0.05) is 127 Å². The van der Waals surface area contributed by atoms with Gasteiger partial charge in [-0.05, 0) is 68.3 Å². The number of rotatable bonds is 5. The molecule has 6 aromatic rings. The monoisotopic (exact) mass is 473 g/mol. The molecule has 1 heterocycles. The minimum atomic E-state index is 1.09. The van der Waals surface area contributed by atoms with Gasteiger partial charge in [0.15, 0.2) is 0 Å². The molecule has 0 aliphatic carbocycles. The summed E-state index contributed by atoms with van der Waals surface area (Å²) < 4.78 is 1.91. The molecule has 1 heteroatoms. The molecule has 0 saturated heterocycles. The quantitative estimate of drug-likeness (QED) is 0.174. The maximum Gasteiger partial charge on any atom is 0.112 e. The third-order valence-electron chi connectivity index (χ3n) is 6.82. The van der Waals surface area contributed by atoms with Crippen molar-refractivity contribution in [3.05, 3.63) is 159 Å². The van der Waals surface area contributed by atoms with Gasteiger partial charge in [0.1, 0.15) is 5.69 Å². The Labute approximate surface area is 219 Å². The summed E-state index contributed by atoms with van der Waals surface area (Å²) in [6.45, 7) is 0. The van der Waals surface area contributed by atoms with Gasteiger partial charge in [-0.3, -0.25) is 0 Å². The van der Waals surface area contributed by atoms with Crippen LogP contribution in [0.2, 0.25) is 0 Å². The molecule has 0 amide bonds.